The number of aromatic amines is 1. The number of likely N-dealkylation sites (N-methyl/N-ethyl adjacent to an activating group) is 1. The normalized spacial score (nSPS) is 22.0. The van der Waals surface area contributed by atoms with Crippen LogP contribution in [0.15, 0.2) is 6.20 Å². The van der Waals surface area contributed by atoms with E-state index in [-0.39, 0.29) is 18.1 Å². The van der Waals surface area contributed by atoms with Crippen LogP contribution in [0.5, 0.6) is 0 Å². The van der Waals surface area contributed by atoms with Gasteiger partial charge in [0.05, 0.1) is 5.60 Å². The van der Waals surface area contributed by atoms with Crippen molar-refractivity contribution in [2.45, 2.75) is 51.2 Å². The number of imidazole rings is 1. The lowest BCUT2D eigenvalue weighted by molar-refractivity contribution is -0.169. The zero-order valence-electron chi connectivity index (χ0n) is 14.3. The van der Waals surface area contributed by atoms with Crippen LogP contribution in [0.2, 0.25) is 0 Å². The van der Waals surface area contributed by atoms with E-state index in [1.54, 1.807) is 0 Å². The summed E-state index contributed by atoms with van der Waals surface area (Å²) in [4.78, 5) is 23.8. The van der Waals surface area contributed by atoms with E-state index in [0.717, 1.165) is 51.3 Å². The Morgan fingerprint density at radius 2 is 2.17 bits per heavy atom. The fourth-order valence-electron chi connectivity index (χ4n) is 3.51. The Hall–Kier alpha value is -1.40. The molecule has 1 aromatic rings. The molecule has 6 heteroatoms. The van der Waals surface area contributed by atoms with Gasteiger partial charge in [0.1, 0.15) is 12.4 Å². The number of carbonyl (C=O) groups excluding carboxylic acids is 1. The number of nitrogens with one attached hydrogen (secondary N) is 1. The zero-order valence-corrected chi connectivity index (χ0v) is 14.3. The molecule has 2 aliphatic heterocycles. The molecule has 1 aromatic heterocycles. The summed E-state index contributed by atoms with van der Waals surface area (Å²) in [6.07, 6.45) is 7.36. The lowest BCUT2D eigenvalue weighted by Gasteiger charge is -2.46. The predicted octanol–water partition coefficient (Wildman–Crippen LogP) is 1.58. The molecule has 1 amide bonds. The summed E-state index contributed by atoms with van der Waals surface area (Å²) >= 11 is 0. The average molecular weight is 320 g/mol. The lowest BCUT2D eigenvalue weighted by Crippen LogP contribution is -2.57. The molecule has 2 saturated heterocycles. The van der Waals surface area contributed by atoms with Gasteiger partial charge in [-0.05, 0) is 19.3 Å². The summed E-state index contributed by atoms with van der Waals surface area (Å²) in [6.45, 7) is 6.09. The van der Waals surface area contributed by atoms with E-state index < -0.39 is 0 Å². The Morgan fingerprint density at radius 1 is 1.39 bits per heavy atom. The van der Waals surface area contributed by atoms with E-state index in [9.17, 15) is 4.79 Å². The van der Waals surface area contributed by atoms with Crippen LogP contribution in [-0.4, -0.2) is 64.6 Å². The molecule has 128 valence electrons. The number of hydrogen-bond acceptors (Lipinski definition) is 4. The number of hydrogen-bond donors (Lipinski definition) is 1. The van der Waals surface area contributed by atoms with E-state index in [2.05, 4.69) is 21.8 Å². The summed E-state index contributed by atoms with van der Waals surface area (Å²) in [6, 6.07) is 0. The number of likely N-dealkylation sites (tertiary alicyclic amines) is 1. The molecule has 3 heterocycles. The molecule has 2 fully saturated rings. The predicted molar refractivity (Wildman–Crippen MR) is 88.0 cm³/mol. The van der Waals surface area contributed by atoms with Crippen molar-refractivity contribution in [1.29, 1.82) is 0 Å². The largest absolute Gasteiger partial charge is 0.363 e. The minimum Gasteiger partial charge on any atom is -0.363 e. The molecule has 0 radical (unpaired) electrons. The van der Waals surface area contributed by atoms with Gasteiger partial charge in [-0.25, -0.2) is 4.98 Å². The van der Waals surface area contributed by atoms with Gasteiger partial charge in [-0.15, -0.1) is 0 Å². The van der Waals surface area contributed by atoms with Gasteiger partial charge in [0.15, 0.2) is 0 Å². The maximum Gasteiger partial charge on any atom is 0.248 e. The van der Waals surface area contributed by atoms with Crippen molar-refractivity contribution < 1.29 is 9.53 Å². The van der Waals surface area contributed by atoms with Crippen molar-refractivity contribution in [2.75, 3.05) is 33.3 Å². The van der Waals surface area contributed by atoms with E-state index in [1.807, 2.05) is 18.1 Å². The number of H-pyrrole nitrogens is 1. The summed E-state index contributed by atoms with van der Waals surface area (Å²) < 4.78 is 5.90. The number of aromatic nitrogens is 2. The molecule has 0 unspecified atom stereocenters. The molecule has 0 atom stereocenters. The van der Waals surface area contributed by atoms with Crippen molar-refractivity contribution in [1.82, 2.24) is 19.8 Å². The second-order valence-electron chi connectivity index (χ2n) is 6.96. The van der Waals surface area contributed by atoms with Gasteiger partial charge in [-0.1, -0.05) is 13.3 Å². The minimum atomic E-state index is -0.126. The smallest absolute Gasteiger partial charge is 0.248 e. The fourth-order valence-corrected chi connectivity index (χ4v) is 3.51. The maximum atomic E-state index is 11.6. The first-order chi connectivity index (χ1) is 11.1. The highest BCUT2D eigenvalue weighted by atomic mass is 16.5. The third-order valence-corrected chi connectivity index (χ3v) is 5.06. The molecular weight excluding hydrogens is 292 g/mol. The summed E-state index contributed by atoms with van der Waals surface area (Å²) in [5.41, 5.74) is 1.07. The molecule has 0 saturated carbocycles. The number of rotatable bonds is 5. The van der Waals surface area contributed by atoms with Crippen LogP contribution >= 0.6 is 0 Å². The molecule has 0 bridgehead atoms. The number of nitrogens with zero attached hydrogens (tertiary/aromatic N) is 3. The van der Waals surface area contributed by atoms with Crippen molar-refractivity contribution >= 4 is 5.91 Å². The molecule has 3 rings (SSSR count). The van der Waals surface area contributed by atoms with Gasteiger partial charge in [-0.2, -0.15) is 0 Å². The molecular formula is C17H28N4O2. The molecule has 23 heavy (non-hydrogen) atoms. The number of piperidine rings is 1. The number of morpholine rings is 1. The van der Waals surface area contributed by atoms with Crippen molar-refractivity contribution in [3.05, 3.63) is 17.7 Å². The molecule has 1 N–H and O–H groups in total. The molecule has 0 aliphatic carbocycles. The highest BCUT2D eigenvalue weighted by molar-refractivity contribution is 5.78. The number of ether oxygens (including phenoxy) is 1. The van der Waals surface area contributed by atoms with Crippen LogP contribution in [0, 0.1) is 0 Å². The van der Waals surface area contributed by atoms with Gasteiger partial charge in [0.25, 0.3) is 0 Å². The molecule has 1 spiro atoms. The molecule has 0 aromatic carbocycles. The summed E-state index contributed by atoms with van der Waals surface area (Å²) in [5, 5.41) is 0. The Labute approximate surface area is 138 Å². The first-order valence-corrected chi connectivity index (χ1v) is 8.73. The number of aryl methyl sites for hydroxylation is 1. The van der Waals surface area contributed by atoms with Gasteiger partial charge >= 0.3 is 0 Å². The Morgan fingerprint density at radius 3 is 2.87 bits per heavy atom. The van der Waals surface area contributed by atoms with E-state index in [1.165, 1.54) is 18.5 Å². The number of unbranched alkanes of at least 4 members (excludes halogenated alkanes) is 1. The van der Waals surface area contributed by atoms with Crippen molar-refractivity contribution in [3.63, 3.8) is 0 Å². The van der Waals surface area contributed by atoms with Crippen LogP contribution < -0.4 is 0 Å². The van der Waals surface area contributed by atoms with Crippen LogP contribution in [0.1, 0.15) is 44.1 Å². The highest BCUT2D eigenvalue weighted by Crippen LogP contribution is 2.30. The molecule has 6 nitrogen and oxygen atoms in total. The van der Waals surface area contributed by atoms with Gasteiger partial charge in [0, 0.05) is 51.5 Å². The van der Waals surface area contributed by atoms with Crippen LogP contribution in [-0.2, 0) is 22.5 Å². The number of carbonyl (C=O) groups is 1. The third kappa shape index (κ3) is 3.93. The fraction of sp³-hybridized carbons (Fsp3) is 0.765. The molecule has 2 aliphatic rings. The van der Waals surface area contributed by atoms with Gasteiger partial charge < -0.3 is 14.6 Å². The van der Waals surface area contributed by atoms with Crippen LogP contribution in [0.25, 0.3) is 0 Å². The van der Waals surface area contributed by atoms with Crippen molar-refractivity contribution in [3.8, 4) is 0 Å². The quantitative estimate of drug-likeness (QED) is 0.895. The Balaban J connectivity index is 1.49. The first kappa shape index (κ1) is 16.5. The second kappa shape index (κ2) is 7.01. The topological polar surface area (TPSA) is 61.5 Å². The number of amides is 1. The van der Waals surface area contributed by atoms with Gasteiger partial charge in [0.2, 0.25) is 5.91 Å². The van der Waals surface area contributed by atoms with Crippen LogP contribution in [0.3, 0.4) is 0 Å². The van der Waals surface area contributed by atoms with E-state index >= 15 is 0 Å². The monoisotopic (exact) mass is 320 g/mol. The Kier molecular flexibility index (Phi) is 5.02. The van der Waals surface area contributed by atoms with Gasteiger partial charge in [-0.3, -0.25) is 9.69 Å². The van der Waals surface area contributed by atoms with Crippen LogP contribution in [0.4, 0.5) is 0 Å². The second-order valence-corrected chi connectivity index (χ2v) is 6.96. The minimum absolute atomic E-state index is 0.0927. The standard InChI is InChI=1S/C17H28N4O2/c1-3-4-5-15-18-10-14(19-15)11-21-8-6-17(7-9-21)13-20(2)16(22)12-23-17/h10H,3-9,11-13H2,1-2H3,(H,18,19). The Bertz CT molecular complexity index is 534. The maximum absolute atomic E-state index is 11.6. The van der Waals surface area contributed by atoms with E-state index in [4.69, 9.17) is 4.74 Å². The zero-order chi connectivity index (χ0) is 16.3. The highest BCUT2D eigenvalue weighted by Gasteiger charge is 2.41. The summed E-state index contributed by atoms with van der Waals surface area (Å²) in [7, 11) is 1.88. The first-order valence-electron chi connectivity index (χ1n) is 8.73. The van der Waals surface area contributed by atoms with E-state index in [0.29, 0.717) is 0 Å². The lowest BCUT2D eigenvalue weighted by atomic mass is 9.89. The third-order valence-electron chi connectivity index (χ3n) is 5.06. The average Bonchev–Trinajstić information content (AvgIpc) is 2.99. The van der Waals surface area contributed by atoms with Crippen molar-refractivity contribution in [2.24, 2.45) is 0 Å². The SMILES string of the molecule is CCCCc1ncc(CN2CCC3(CC2)CN(C)C(=O)CO3)[nH]1. The summed E-state index contributed by atoms with van der Waals surface area (Å²) in [5.74, 6) is 1.20.